The second kappa shape index (κ2) is 5.29. The highest BCUT2D eigenvalue weighted by molar-refractivity contribution is 5.92. The molecule has 0 aromatic heterocycles. The molecule has 2 amide bonds. The van der Waals surface area contributed by atoms with Gasteiger partial charge in [-0.1, -0.05) is 25.7 Å². The van der Waals surface area contributed by atoms with Crippen LogP contribution in [0.25, 0.3) is 0 Å². The molecule has 1 heterocycles. The molecule has 0 bridgehead atoms. The Kier molecular flexibility index (Phi) is 3.93. The first-order chi connectivity index (χ1) is 8.53. The van der Waals surface area contributed by atoms with Gasteiger partial charge in [0.05, 0.1) is 0 Å². The van der Waals surface area contributed by atoms with Crippen LogP contribution in [0.15, 0.2) is 0 Å². The third-order valence-corrected chi connectivity index (χ3v) is 4.32. The Hall–Kier alpha value is -1.06. The summed E-state index contributed by atoms with van der Waals surface area (Å²) < 4.78 is 0. The van der Waals surface area contributed by atoms with Gasteiger partial charge in [-0.3, -0.25) is 9.59 Å². The van der Waals surface area contributed by atoms with Gasteiger partial charge in [0.2, 0.25) is 11.8 Å². The molecule has 2 fully saturated rings. The van der Waals surface area contributed by atoms with E-state index >= 15 is 0 Å². The maximum Gasteiger partial charge on any atom is 0.245 e. The summed E-state index contributed by atoms with van der Waals surface area (Å²) in [4.78, 5) is 26.3. The number of piperazine rings is 1. The molecular formula is C14H24N2O2. The Balaban J connectivity index is 2.09. The number of nitrogens with one attached hydrogen (secondary N) is 1. The fraction of sp³-hybridized carbons (Fsp3) is 0.857. The van der Waals surface area contributed by atoms with E-state index in [9.17, 15) is 9.59 Å². The number of amides is 2. The van der Waals surface area contributed by atoms with Gasteiger partial charge in [0.25, 0.3) is 0 Å². The van der Waals surface area contributed by atoms with Gasteiger partial charge in [0.1, 0.15) is 5.54 Å². The Bertz CT molecular complexity index is 331. The monoisotopic (exact) mass is 252 g/mol. The van der Waals surface area contributed by atoms with Crippen LogP contribution in [0.3, 0.4) is 0 Å². The summed E-state index contributed by atoms with van der Waals surface area (Å²) >= 11 is 0. The summed E-state index contributed by atoms with van der Waals surface area (Å²) in [6.07, 6.45) is 6.77. The van der Waals surface area contributed by atoms with Crippen molar-refractivity contribution >= 4 is 11.8 Å². The number of carbonyl (C=O) groups excluding carboxylic acids is 2. The van der Waals surface area contributed by atoms with Gasteiger partial charge in [-0.2, -0.15) is 0 Å². The predicted molar refractivity (Wildman–Crippen MR) is 70.0 cm³/mol. The minimum atomic E-state index is -0.693. The van der Waals surface area contributed by atoms with Crippen molar-refractivity contribution < 1.29 is 9.59 Å². The van der Waals surface area contributed by atoms with Crippen LogP contribution < -0.4 is 5.32 Å². The van der Waals surface area contributed by atoms with Crippen molar-refractivity contribution in [3.05, 3.63) is 0 Å². The molecule has 2 aliphatic rings. The zero-order valence-electron chi connectivity index (χ0n) is 11.5. The van der Waals surface area contributed by atoms with E-state index in [-0.39, 0.29) is 17.7 Å². The van der Waals surface area contributed by atoms with E-state index in [1.54, 1.807) is 4.90 Å². The number of hydrogen-bond acceptors (Lipinski definition) is 2. The van der Waals surface area contributed by atoms with Crippen LogP contribution in [0.1, 0.15) is 52.4 Å². The molecule has 1 aliphatic heterocycles. The van der Waals surface area contributed by atoms with Crippen molar-refractivity contribution in [3.63, 3.8) is 0 Å². The van der Waals surface area contributed by atoms with E-state index in [4.69, 9.17) is 0 Å². The SMILES string of the molecule is CC1(C)C(=O)NCCN1C(=O)C1CCCCCC1. The fourth-order valence-electron chi connectivity index (χ4n) is 3.03. The molecule has 102 valence electrons. The summed E-state index contributed by atoms with van der Waals surface area (Å²) in [7, 11) is 0. The lowest BCUT2D eigenvalue weighted by Crippen LogP contribution is -2.64. The van der Waals surface area contributed by atoms with Crippen molar-refractivity contribution in [1.29, 1.82) is 0 Å². The summed E-state index contributed by atoms with van der Waals surface area (Å²) in [6.45, 7) is 4.92. The van der Waals surface area contributed by atoms with Gasteiger partial charge in [0.15, 0.2) is 0 Å². The topological polar surface area (TPSA) is 49.4 Å². The lowest BCUT2D eigenvalue weighted by atomic mass is 9.93. The van der Waals surface area contributed by atoms with Crippen LogP contribution >= 0.6 is 0 Å². The first kappa shape index (κ1) is 13.4. The summed E-state index contributed by atoms with van der Waals surface area (Å²) in [6, 6.07) is 0. The zero-order valence-corrected chi connectivity index (χ0v) is 11.5. The quantitative estimate of drug-likeness (QED) is 0.722. The van der Waals surface area contributed by atoms with Crippen molar-refractivity contribution in [3.8, 4) is 0 Å². The molecular weight excluding hydrogens is 228 g/mol. The fourth-order valence-corrected chi connectivity index (χ4v) is 3.03. The maximum absolute atomic E-state index is 12.6. The molecule has 0 unspecified atom stereocenters. The molecule has 1 saturated heterocycles. The molecule has 18 heavy (non-hydrogen) atoms. The Labute approximate surface area is 109 Å². The minimum absolute atomic E-state index is 0.0317. The second-order valence-corrected chi connectivity index (χ2v) is 5.99. The normalized spacial score (nSPS) is 25.4. The van der Waals surface area contributed by atoms with Crippen molar-refractivity contribution in [1.82, 2.24) is 10.2 Å². The van der Waals surface area contributed by atoms with Crippen molar-refractivity contribution in [2.75, 3.05) is 13.1 Å². The van der Waals surface area contributed by atoms with Gasteiger partial charge >= 0.3 is 0 Å². The summed E-state index contributed by atoms with van der Waals surface area (Å²) in [5, 5.41) is 2.84. The molecule has 0 atom stereocenters. The van der Waals surface area contributed by atoms with Gasteiger partial charge < -0.3 is 10.2 Å². The van der Waals surface area contributed by atoms with Crippen LogP contribution in [-0.2, 0) is 9.59 Å². The highest BCUT2D eigenvalue weighted by Gasteiger charge is 2.42. The van der Waals surface area contributed by atoms with Crippen LogP contribution in [0.5, 0.6) is 0 Å². The average Bonchev–Trinajstić information content (AvgIpc) is 2.60. The standard InChI is InChI=1S/C14H24N2O2/c1-14(2)13(18)15-9-10-16(14)12(17)11-7-5-3-4-6-8-11/h11H,3-10H2,1-2H3,(H,15,18). The average molecular weight is 252 g/mol. The van der Waals surface area contributed by atoms with E-state index < -0.39 is 5.54 Å². The molecule has 1 N–H and O–H groups in total. The van der Waals surface area contributed by atoms with Crippen LogP contribution in [0, 0.1) is 5.92 Å². The number of nitrogens with zero attached hydrogens (tertiary/aromatic N) is 1. The Morgan fingerprint density at radius 2 is 1.83 bits per heavy atom. The van der Waals surface area contributed by atoms with E-state index in [0.717, 1.165) is 25.7 Å². The second-order valence-electron chi connectivity index (χ2n) is 5.99. The Morgan fingerprint density at radius 1 is 1.22 bits per heavy atom. The molecule has 2 rings (SSSR count). The largest absolute Gasteiger partial charge is 0.352 e. The van der Waals surface area contributed by atoms with Crippen molar-refractivity contribution in [2.45, 2.75) is 57.9 Å². The van der Waals surface area contributed by atoms with Crippen LogP contribution in [-0.4, -0.2) is 35.3 Å². The van der Waals surface area contributed by atoms with Crippen LogP contribution in [0.2, 0.25) is 0 Å². The molecule has 0 radical (unpaired) electrons. The molecule has 0 aromatic carbocycles. The summed E-state index contributed by atoms with van der Waals surface area (Å²) in [5.41, 5.74) is -0.693. The molecule has 1 aliphatic carbocycles. The van der Waals surface area contributed by atoms with Crippen LogP contribution in [0.4, 0.5) is 0 Å². The van der Waals surface area contributed by atoms with E-state index in [1.165, 1.54) is 12.8 Å². The molecule has 1 saturated carbocycles. The van der Waals surface area contributed by atoms with Gasteiger partial charge in [-0.15, -0.1) is 0 Å². The third kappa shape index (κ3) is 2.52. The number of rotatable bonds is 1. The lowest BCUT2D eigenvalue weighted by molar-refractivity contribution is -0.152. The molecule has 0 spiro atoms. The smallest absolute Gasteiger partial charge is 0.245 e. The first-order valence-corrected chi connectivity index (χ1v) is 7.13. The summed E-state index contributed by atoms with van der Waals surface area (Å²) in [5.74, 6) is 0.296. The van der Waals surface area contributed by atoms with E-state index in [1.807, 2.05) is 13.8 Å². The first-order valence-electron chi connectivity index (χ1n) is 7.13. The highest BCUT2D eigenvalue weighted by atomic mass is 16.2. The highest BCUT2D eigenvalue weighted by Crippen LogP contribution is 2.28. The Morgan fingerprint density at radius 3 is 2.44 bits per heavy atom. The zero-order chi connectivity index (χ0) is 13.2. The van der Waals surface area contributed by atoms with Gasteiger partial charge in [-0.25, -0.2) is 0 Å². The van der Waals surface area contributed by atoms with Gasteiger partial charge in [-0.05, 0) is 26.7 Å². The van der Waals surface area contributed by atoms with Crippen molar-refractivity contribution in [2.24, 2.45) is 5.92 Å². The molecule has 4 heteroatoms. The predicted octanol–water partition coefficient (Wildman–Crippen LogP) is 1.69. The maximum atomic E-state index is 12.6. The number of carbonyl (C=O) groups is 2. The van der Waals surface area contributed by atoms with Gasteiger partial charge in [0, 0.05) is 19.0 Å². The minimum Gasteiger partial charge on any atom is -0.352 e. The molecule has 4 nitrogen and oxygen atoms in total. The third-order valence-electron chi connectivity index (χ3n) is 4.32. The van der Waals surface area contributed by atoms with E-state index in [2.05, 4.69) is 5.32 Å². The van der Waals surface area contributed by atoms with E-state index in [0.29, 0.717) is 13.1 Å². The molecule has 0 aromatic rings. The lowest BCUT2D eigenvalue weighted by Gasteiger charge is -2.42. The number of hydrogen-bond donors (Lipinski definition) is 1.